The highest BCUT2D eigenvalue weighted by molar-refractivity contribution is 7.80. The molecule has 0 amide bonds. The molecular formula is C12H14N4S2. The molecule has 0 atom stereocenters. The molecule has 94 valence electrons. The van der Waals surface area contributed by atoms with E-state index in [1.807, 2.05) is 12.1 Å². The zero-order chi connectivity index (χ0) is 13.1. The molecule has 0 aliphatic rings. The van der Waals surface area contributed by atoms with Gasteiger partial charge >= 0.3 is 0 Å². The molecule has 6 heteroatoms. The van der Waals surface area contributed by atoms with Gasteiger partial charge in [-0.15, -0.1) is 11.3 Å². The first-order valence-corrected chi connectivity index (χ1v) is 6.82. The van der Waals surface area contributed by atoms with Crippen molar-refractivity contribution in [3.63, 3.8) is 0 Å². The number of pyridine rings is 1. The van der Waals surface area contributed by atoms with Gasteiger partial charge in [0.2, 0.25) is 0 Å². The minimum absolute atomic E-state index is 0.280. The van der Waals surface area contributed by atoms with Gasteiger partial charge in [0, 0.05) is 11.1 Å². The smallest absolute Gasteiger partial charge is 0.187 e. The van der Waals surface area contributed by atoms with Crippen molar-refractivity contribution in [1.82, 2.24) is 9.97 Å². The van der Waals surface area contributed by atoms with Crippen LogP contribution >= 0.6 is 23.6 Å². The monoisotopic (exact) mass is 278 g/mol. The summed E-state index contributed by atoms with van der Waals surface area (Å²) in [7, 11) is 0. The Morgan fingerprint density at radius 2 is 2.33 bits per heavy atom. The fraction of sp³-hybridized carbons (Fsp3) is 0.250. The van der Waals surface area contributed by atoms with Crippen molar-refractivity contribution in [1.29, 1.82) is 0 Å². The Morgan fingerprint density at radius 3 is 2.94 bits per heavy atom. The van der Waals surface area contributed by atoms with E-state index in [4.69, 9.17) is 18.0 Å². The number of nitrogens with two attached hydrogens (primary N) is 1. The van der Waals surface area contributed by atoms with Gasteiger partial charge in [0.1, 0.15) is 10.7 Å². The summed E-state index contributed by atoms with van der Waals surface area (Å²) in [4.78, 5) is 10.2. The van der Waals surface area contributed by atoms with Crippen molar-refractivity contribution in [3.05, 3.63) is 34.6 Å². The number of thiazole rings is 1. The first-order valence-electron chi connectivity index (χ1n) is 5.60. The lowest BCUT2D eigenvalue weighted by Crippen LogP contribution is -2.13. The number of hydrogen-bond acceptors (Lipinski definition) is 5. The lowest BCUT2D eigenvalue weighted by molar-refractivity contribution is 1.05. The first kappa shape index (κ1) is 12.9. The van der Waals surface area contributed by atoms with E-state index in [-0.39, 0.29) is 4.99 Å². The van der Waals surface area contributed by atoms with Crippen LogP contribution in [0.15, 0.2) is 18.3 Å². The average molecular weight is 278 g/mol. The third-order valence-electron chi connectivity index (χ3n) is 2.51. The van der Waals surface area contributed by atoms with E-state index in [1.165, 1.54) is 4.88 Å². The Bertz CT molecular complexity index is 577. The number of aryl methyl sites for hydroxylation is 2. The van der Waals surface area contributed by atoms with Gasteiger partial charge in [0.15, 0.2) is 5.13 Å². The van der Waals surface area contributed by atoms with Gasteiger partial charge in [-0.05, 0) is 25.5 Å². The normalized spacial score (nSPS) is 10.3. The van der Waals surface area contributed by atoms with Crippen molar-refractivity contribution in [2.24, 2.45) is 5.73 Å². The second-order valence-corrected chi connectivity index (χ2v) is 5.41. The van der Waals surface area contributed by atoms with Gasteiger partial charge in [-0.3, -0.25) is 4.98 Å². The number of anilines is 2. The summed E-state index contributed by atoms with van der Waals surface area (Å²) >= 11 is 6.60. The predicted molar refractivity (Wildman–Crippen MR) is 79.6 cm³/mol. The minimum Gasteiger partial charge on any atom is -0.388 e. The van der Waals surface area contributed by atoms with Crippen LogP contribution in [-0.2, 0) is 6.42 Å². The molecule has 2 heterocycles. The summed E-state index contributed by atoms with van der Waals surface area (Å²) in [5.41, 5.74) is 8.14. The SMILES string of the molecule is CCc1nc(Nc2cccnc2C(N)=S)sc1C. The molecule has 0 aliphatic carbocycles. The van der Waals surface area contributed by atoms with Crippen LogP contribution in [0.1, 0.15) is 23.2 Å². The standard InChI is InChI=1S/C12H14N4S2/c1-3-8-7(2)18-12(15-8)16-9-5-4-6-14-10(9)11(13)17/h4-6H,3H2,1-2H3,(H2,13,17)(H,15,16). The van der Waals surface area contributed by atoms with E-state index in [2.05, 4.69) is 29.1 Å². The van der Waals surface area contributed by atoms with Crippen LogP contribution in [0.3, 0.4) is 0 Å². The summed E-state index contributed by atoms with van der Waals surface area (Å²) < 4.78 is 0. The van der Waals surface area contributed by atoms with E-state index in [0.29, 0.717) is 5.69 Å². The number of aromatic nitrogens is 2. The number of nitrogens with one attached hydrogen (secondary N) is 1. The fourth-order valence-electron chi connectivity index (χ4n) is 1.63. The molecule has 0 saturated carbocycles. The maximum absolute atomic E-state index is 5.64. The Labute approximate surface area is 115 Å². The van der Waals surface area contributed by atoms with Crippen molar-refractivity contribution in [3.8, 4) is 0 Å². The van der Waals surface area contributed by atoms with Crippen LogP contribution in [-0.4, -0.2) is 15.0 Å². The van der Waals surface area contributed by atoms with Crippen molar-refractivity contribution in [2.45, 2.75) is 20.3 Å². The van der Waals surface area contributed by atoms with Crippen LogP contribution < -0.4 is 11.1 Å². The second-order valence-electron chi connectivity index (χ2n) is 3.76. The Balaban J connectivity index is 2.31. The van der Waals surface area contributed by atoms with E-state index >= 15 is 0 Å². The third kappa shape index (κ3) is 2.65. The minimum atomic E-state index is 0.280. The Hall–Kier alpha value is -1.53. The van der Waals surface area contributed by atoms with Crippen LogP contribution in [0.25, 0.3) is 0 Å². The van der Waals surface area contributed by atoms with Crippen LogP contribution in [0.5, 0.6) is 0 Å². The summed E-state index contributed by atoms with van der Waals surface area (Å²) in [6.07, 6.45) is 2.60. The molecule has 0 saturated heterocycles. The van der Waals surface area contributed by atoms with E-state index in [1.54, 1.807) is 17.5 Å². The van der Waals surface area contributed by atoms with Gasteiger partial charge < -0.3 is 11.1 Å². The van der Waals surface area contributed by atoms with Crippen molar-refractivity contribution < 1.29 is 0 Å². The van der Waals surface area contributed by atoms with E-state index in [9.17, 15) is 0 Å². The molecule has 4 nitrogen and oxygen atoms in total. The number of rotatable bonds is 4. The van der Waals surface area contributed by atoms with E-state index < -0.39 is 0 Å². The highest BCUT2D eigenvalue weighted by Crippen LogP contribution is 2.26. The molecule has 2 aromatic rings. The number of thiocarbonyl (C=S) groups is 1. The zero-order valence-electron chi connectivity index (χ0n) is 10.2. The molecule has 0 aliphatic heterocycles. The molecule has 0 unspecified atom stereocenters. The van der Waals surface area contributed by atoms with Crippen LogP contribution in [0.4, 0.5) is 10.8 Å². The molecule has 0 aromatic carbocycles. The molecular weight excluding hydrogens is 264 g/mol. The topological polar surface area (TPSA) is 63.8 Å². The molecule has 0 bridgehead atoms. The third-order valence-corrected chi connectivity index (χ3v) is 3.63. The van der Waals surface area contributed by atoms with Gasteiger partial charge in [-0.2, -0.15) is 0 Å². The zero-order valence-corrected chi connectivity index (χ0v) is 11.9. The maximum Gasteiger partial charge on any atom is 0.187 e. The van der Waals surface area contributed by atoms with Gasteiger partial charge in [0.05, 0.1) is 11.4 Å². The molecule has 2 aromatic heterocycles. The number of nitrogens with zero attached hydrogens (tertiary/aromatic N) is 2. The molecule has 2 rings (SSSR count). The molecule has 0 radical (unpaired) electrons. The van der Waals surface area contributed by atoms with Gasteiger partial charge in [-0.25, -0.2) is 4.98 Å². The van der Waals surface area contributed by atoms with Crippen molar-refractivity contribution in [2.75, 3.05) is 5.32 Å². The molecule has 0 spiro atoms. The van der Waals surface area contributed by atoms with Gasteiger partial charge in [-0.1, -0.05) is 19.1 Å². The maximum atomic E-state index is 5.64. The highest BCUT2D eigenvalue weighted by atomic mass is 32.1. The molecule has 18 heavy (non-hydrogen) atoms. The summed E-state index contributed by atoms with van der Waals surface area (Å²) in [6.45, 7) is 4.16. The summed E-state index contributed by atoms with van der Waals surface area (Å²) in [5.74, 6) is 0. The van der Waals surface area contributed by atoms with E-state index in [0.717, 1.165) is 22.9 Å². The van der Waals surface area contributed by atoms with Gasteiger partial charge in [0.25, 0.3) is 0 Å². The Morgan fingerprint density at radius 1 is 1.56 bits per heavy atom. The molecule has 0 fully saturated rings. The average Bonchev–Trinajstić information content (AvgIpc) is 2.70. The Kier molecular flexibility index (Phi) is 3.88. The second kappa shape index (κ2) is 5.41. The van der Waals surface area contributed by atoms with Crippen LogP contribution in [0, 0.1) is 6.92 Å². The lowest BCUT2D eigenvalue weighted by atomic mass is 10.3. The lowest BCUT2D eigenvalue weighted by Gasteiger charge is -2.06. The highest BCUT2D eigenvalue weighted by Gasteiger charge is 2.10. The van der Waals surface area contributed by atoms with Crippen LogP contribution in [0.2, 0.25) is 0 Å². The summed E-state index contributed by atoms with van der Waals surface area (Å²) in [6, 6.07) is 3.73. The first-order chi connectivity index (χ1) is 8.61. The number of hydrogen-bond donors (Lipinski definition) is 2. The quantitative estimate of drug-likeness (QED) is 0.842. The molecule has 3 N–H and O–H groups in total. The summed E-state index contributed by atoms with van der Waals surface area (Å²) in [5, 5.41) is 4.07. The predicted octanol–water partition coefficient (Wildman–Crippen LogP) is 2.79. The fourth-order valence-corrected chi connectivity index (χ4v) is 2.70. The largest absolute Gasteiger partial charge is 0.388 e. The van der Waals surface area contributed by atoms with Crippen molar-refractivity contribution >= 4 is 39.4 Å².